The first kappa shape index (κ1) is 25.1. The van der Waals surface area contributed by atoms with Gasteiger partial charge in [-0.05, 0) is 35.1 Å². The molecule has 0 saturated heterocycles. The van der Waals surface area contributed by atoms with E-state index in [0.29, 0.717) is 12.8 Å². The molecule has 1 atom stereocenters. The molecule has 4 rings (SSSR count). The van der Waals surface area contributed by atoms with Crippen LogP contribution in [-0.4, -0.2) is 17.7 Å². The fraction of sp³-hybridized carbons (Fsp3) is 0.188. The lowest BCUT2D eigenvalue weighted by Gasteiger charge is -2.37. The number of nitrogens with one attached hydrogen (secondary N) is 1. The second-order valence-electron chi connectivity index (χ2n) is 9.01. The fourth-order valence-electron chi connectivity index (χ4n) is 4.65. The Hall–Kier alpha value is -4.02. The van der Waals surface area contributed by atoms with Gasteiger partial charge in [-0.1, -0.05) is 121 Å². The molecule has 3 N–H and O–H groups in total. The third-order valence-corrected chi connectivity index (χ3v) is 6.50. The first-order valence-electron chi connectivity index (χ1n) is 12.4. The summed E-state index contributed by atoms with van der Waals surface area (Å²) < 4.78 is 0. The minimum Gasteiger partial charge on any atom is -0.338 e. The van der Waals surface area contributed by atoms with Crippen LogP contribution in [0.4, 0.5) is 0 Å². The molecule has 0 radical (unpaired) electrons. The lowest BCUT2D eigenvalue weighted by Crippen LogP contribution is -2.49. The molecule has 0 bridgehead atoms. The van der Waals surface area contributed by atoms with Crippen molar-refractivity contribution in [2.75, 3.05) is 0 Å². The number of aryl methyl sites for hydroxylation is 1. The largest absolute Gasteiger partial charge is 0.338 e. The van der Waals surface area contributed by atoms with E-state index >= 15 is 0 Å². The van der Waals surface area contributed by atoms with Crippen molar-refractivity contribution in [1.82, 2.24) is 5.32 Å². The molecule has 4 nitrogen and oxygen atoms in total. The predicted molar refractivity (Wildman–Crippen MR) is 144 cm³/mol. The minimum absolute atomic E-state index is 0.0710. The van der Waals surface area contributed by atoms with Crippen LogP contribution in [0, 0.1) is 0 Å². The summed E-state index contributed by atoms with van der Waals surface area (Å²) in [6, 6.07) is 38.9. The second kappa shape index (κ2) is 12.1. The normalized spacial score (nSPS) is 12.0. The molecule has 182 valence electrons. The van der Waals surface area contributed by atoms with Crippen LogP contribution in [0.2, 0.25) is 0 Å². The van der Waals surface area contributed by atoms with E-state index in [4.69, 9.17) is 5.73 Å². The molecule has 1 amide bonds. The minimum atomic E-state index is -0.920. The average molecular weight is 477 g/mol. The molecule has 4 aromatic rings. The Morgan fingerprint density at radius 3 is 1.53 bits per heavy atom. The van der Waals surface area contributed by atoms with Gasteiger partial charge in [-0.15, -0.1) is 0 Å². The molecule has 0 heterocycles. The maximum atomic E-state index is 13.4. The number of Topliss-reactive ketones (excluding diaryl/α,β-unsaturated/α-hetero) is 1. The predicted octanol–water partition coefficient (Wildman–Crippen LogP) is 5.40. The lowest BCUT2D eigenvalue weighted by molar-refractivity contribution is -0.127. The summed E-state index contributed by atoms with van der Waals surface area (Å²) in [5.74, 6) is -0.360. The Kier molecular flexibility index (Phi) is 8.43. The molecule has 0 aliphatic carbocycles. The van der Waals surface area contributed by atoms with Gasteiger partial charge in [0.25, 0.3) is 0 Å². The van der Waals surface area contributed by atoms with Crippen molar-refractivity contribution < 1.29 is 9.59 Å². The number of hydrogen-bond donors (Lipinski definition) is 2. The van der Waals surface area contributed by atoms with Gasteiger partial charge in [0.2, 0.25) is 5.91 Å². The van der Waals surface area contributed by atoms with Gasteiger partial charge in [-0.3, -0.25) is 9.59 Å². The summed E-state index contributed by atoms with van der Waals surface area (Å²) in [6.45, 7) is 0. The van der Waals surface area contributed by atoms with Gasteiger partial charge in [0, 0.05) is 12.8 Å². The highest BCUT2D eigenvalue weighted by atomic mass is 16.2. The number of benzene rings is 4. The van der Waals surface area contributed by atoms with Crippen molar-refractivity contribution in [1.29, 1.82) is 0 Å². The molecule has 0 aliphatic heterocycles. The van der Waals surface area contributed by atoms with Crippen LogP contribution in [0.1, 0.15) is 41.5 Å². The third-order valence-electron chi connectivity index (χ3n) is 6.50. The highest BCUT2D eigenvalue weighted by Crippen LogP contribution is 2.36. The number of ketones is 1. The maximum absolute atomic E-state index is 13.4. The van der Waals surface area contributed by atoms with Gasteiger partial charge in [-0.25, -0.2) is 0 Å². The van der Waals surface area contributed by atoms with Crippen LogP contribution in [0.15, 0.2) is 121 Å². The summed E-state index contributed by atoms with van der Waals surface area (Å²) in [5, 5.41) is 3.28. The van der Waals surface area contributed by atoms with E-state index in [0.717, 1.165) is 23.1 Å². The molecular weight excluding hydrogens is 444 g/mol. The number of carbonyl (C=O) groups excluding carboxylic acids is 2. The van der Waals surface area contributed by atoms with Crippen molar-refractivity contribution in [3.8, 4) is 0 Å². The van der Waals surface area contributed by atoms with Crippen molar-refractivity contribution >= 4 is 11.7 Å². The smallest absolute Gasteiger partial charge is 0.223 e. The summed E-state index contributed by atoms with van der Waals surface area (Å²) >= 11 is 0. The Morgan fingerprint density at radius 2 is 1.08 bits per heavy atom. The summed E-state index contributed by atoms with van der Waals surface area (Å²) in [7, 11) is 0. The standard InChI is InChI=1S/C32H32N2O2/c33-29(30(35)23-13-16-25-14-5-1-6-15-25)24-31(36)34-32(26-17-7-2-8-18-26,27-19-9-3-10-20-27)28-21-11-4-12-22-28/h1-12,14-15,17-22,29H,13,16,23-24,33H2,(H,34,36)/t29-/m1/s1. The molecular formula is C32H32N2O2. The van der Waals surface area contributed by atoms with E-state index in [-0.39, 0.29) is 18.1 Å². The number of amides is 1. The Morgan fingerprint density at radius 1 is 0.667 bits per heavy atom. The van der Waals surface area contributed by atoms with Gasteiger partial charge in [-0.2, -0.15) is 0 Å². The van der Waals surface area contributed by atoms with Crippen LogP contribution >= 0.6 is 0 Å². The molecule has 0 aromatic heterocycles. The van der Waals surface area contributed by atoms with Gasteiger partial charge in [0.15, 0.2) is 0 Å². The topological polar surface area (TPSA) is 72.2 Å². The number of nitrogens with two attached hydrogens (primary N) is 1. The Bertz CT molecular complexity index is 1150. The summed E-state index contributed by atoms with van der Waals surface area (Å²) in [4.78, 5) is 26.2. The molecule has 0 spiro atoms. The average Bonchev–Trinajstić information content (AvgIpc) is 2.93. The molecule has 0 saturated carbocycles. The molecule has 0 fully saturated rings. The molecule has 4 heteroatoms. The van der Waals surface area contributed by atoms with Crippen molar-refractivity contribution in [3.05, 3.63) is 144 Å². The van der Waals surface area contributed by atoms with Crippen molar-refractivity contribution in [2.24, 2.45) is 5.73 Å². The van der Waals surface area contributed by atoms with Crippen molar-refractivity contribution in [2.45, 2.75) is 37.3 Å². The van der Waals surface area contributed by atoms with Crippen LogP contribution in [0.3, 0.4) is 0 Å². The van der Waals surface area contributed by atoms with Crippen LogP contribution in [0.5, 0.6) is 0 Å². The number of carbonyl (C=O) groups is 2. The van der Waals surface area contributed by atoms with Gasteiger partial charge in [0.05, 0.1) is 6.04 Å². The zero-order valence-corrected chi connectivity index (χ0v) is 20.3. The number of hydrogen-bond acceptors (Lipinski definition) is 3. The first-order valence-corrected chi connectivity index (χ1v) is 12.4. The van der Waals surface area contributed by atoms with Crippen molar-refractivity contribution in [3.63, 3.8) is 0 Å². The van der Waals surface area contributed by atoms with Crippen LogP contribution < -0.4 is 11.1 Å². The first-order chi connectivity index (χ1) is 17.6. The summed E-state index contributed by atoms with van der Waals surface area (Å²) in [6.07, 6.45) is 1.80. The highest BCUT2D eigenvalue weighted by Gasteiger charge is 2.38. The zero-order valence-electron chi connectivity index (χ0n) is 20.3. The fourth-order valence-corrected chi connectivity index (χ4v) is 4.65. The third kappa shape index (κ3) is 5.96. The van der Waals surface area contributed by atoms with E-state index in [1.165, 1.54) is 5.56 Å². The van der Waals surface area contributed by atoms with Crippen LogP contribution in [-0.2, 0) is 21.5 Å². The second-order valence-corrected chi connectivity index (χ2v) is 9.01. The van der Waals surface area contributed by atoms with E-state index in [1.54, 1.807) is 0 Å². The van der Waals surface area contributed by atoms with E-state index in [2.05, 4.69) is 5.32 Å². The molecule has 0 aliphatic rings. The Balaban J connectivity index is 1.54. The number of rotatable bonds is 11. The van der Waals surface area contributed by atoms with Gasteiger partial charge >= 0.3 is 0 Å². The lowest BCUT2D eigenvalue weighted by atomic mass is 9.77. The Labute approximate surface area is 213 Å². The molecule has 0 unspecified atom stereocenters. The monoisotopic (exact) mass is 476 g/mol. The molecule has 36 heavy (non-hydrogen) atoms. The van der Waals surface area contributed by atoms with E-state index in [1.807, 2.05) is 121 Å². The van der Waals surface area contributed by atoms with Crippen LogP contribution in [0.25, 0.3) is 0 Å². The maximum Gasteiger partial charge on any atom is 0.223 e. The van der Waals surface area contributed by atoms with Gasteiger partial charge in [0.1, 0.15) is 11.3 Å². The SMILES string of the molecule is N[C@H](CC(=O)NC(c1ccccc1)(c1ccccc1)c1ccccc1)C(=O)CCCc1ccccc1. The molecule has 4 aromatic carbocycles. The van der Waals surface area contributed by atoms with E-state index in [9.17, 15) is 9.59 Å². The zero-order chi connectivity index (χ0) is 25.2. The van der Waals surface area contributed by atoms with Gasteiger partial charge < -0.3 is 11.1 Å². The quantitative estimate of drug-likeness (QED) is 0.285. The highest BCUT2D eigenvalue weighted by molar-refractivity contribution is 5.90. The van der Waals surface area contributed by atoms with E-state index < -0.39 is 11.6 Å². The summed E-state index contributed by atoms with van der Waals surface area (Å²) in [5.41, 5.74) is 9.28.